The van der Waals surface area contributed by atoms with Gasteiger partial charge in [-0.3, -0.25) is 4.79 Å². The summed E-state index contributed by atoms with van der Waals surface area (Å²) in [6, 6.07) is 0. The number of imidazole rings is 1. The number of rotatable bonds is 3. The van der Waals surface area contributed by atoms with Gasteiger partial charge in [-0.15, -0.1) is 0 Å². The maximum absolute atomic E-state index is 11.5. The van der Waals surface area contributed by atoms with Gasteiger partial charge in [-0.05, 0) is 12.8 Å². The van der Waals surface area contributed by atoms with Crippen LogP contribution >= 0.6 is 0 Å². The van der Waals surface area contributed by atoms with E-state index in [1.807, 2.05) is 11.5 Å². The number of carboxylic acids is 1. The summed E-state index contributed by atoms with van der Waals surface area (Å²) in [5, 5.41) is 9.10. The molecule has 2 rings (SSSR count). The van der Waals surface area contributed by atoms with Gasteiger partial charge < -0.3 is 14.4 Å². The summed E-state index contributed by atoms with van der Waals surface area (Å²) in [5.41, 5.74) is 0.842. The molecule has 1 aromatic heterocycles. The molecule has 0 radical (unpaired) electrons. The van der Waals surface area contributed by atoms with E-state index in [0.29, 0.717) is 25.8 Å². The molecule has 0 amide bonds. The van der Waals surface area contributed by atoms with Crippen LogP contribution in [0, 0.1) is 5.92 Å². The zero-order chi connectivity index (χ0) is 13.3. The number of aryl methyl sites for hydroxylation is 1. The van der Waals surface area contributed by atoms with Crippen LogP contribution in [0.5, 0.6) is 0 Å². The molecule has 1 aliphatic heterocycles. The fourth-order valence-electron chi connectivity index (χ4n) is 2.43. The maximum atomic E-state index is 11.5. The summed E-state index contributed by atoms with van der Waals surface area (Å²) in [4.78, 5) is 26.8. The molecule has 98 valence electrons. The van der Waals surface area contributed by atoms with E-state index in [0.717, 1.165) is 11.5 Å². The number of ether oxygens (including phenoxy) is 1. The molecule has 6 nitrogen and oxygen atoms in total. The van der Waals surface area contributed by atoms with Gasteiger partial charge in [0.2, 0.25) is 0 Å². The van der Waals surface area contributed by atoms with Crippen LogP contribution in [-0.2, 0) is 28.9 Å². The Morgan fingerprint density at radius 2 is 2.28 bits per heavy atom. The molecule has 1 atom stereocenters. The second-order valence-electron chi connectivity index (χ2n) is 4.35. The number of hydrogen-bond donors (Lipinski definition) is 1. The van der Waals surface area contributed by atoms with Crippen molar-refractivity contribution in [1.82, 2.24) is 9.55 Å². The molecule has 18 heavy (non-hydrogen) atoms. The maximum Gasteiger partial charge on any atom is 0.356 e. The van der Waals surface area contributed by atoms with Gasteiger partial charge in [-0.25, -0.2) is 9.78 Å². The van der Waals surface area contributed by atoms with Gasteiger partial charge in [0, 0.05) is 13.0 Å². The Kier molecular flexibility index (Phi) is 3.36. The molecule has 0 aliphatic carbocycles. The topological polar surface area (TPSA) is 81.4 Å². The summed E-state index contributed by atoms with van der Waals surface area (Å²) >= 11 is 0. The highest BCUT2D eigenvalue weighted by Gasteiger charge is 2.31. The number of hydrogen-bond acceptors (Lipinski definition) is 4. The van der Waals surface area contributed by atoms with Crippen LogP contribution in [0.25, 0.3) is 0 Å². The average Bonchev–Trinajstić information content (AvgIpc) is 2.75. The molecule has 1 aromatic rings. The van der Waals surface area contributed by atoms with Crippen molar-refractivity contribution in [1.29, 1.82) is 0 Å². The Bertz CT molecular complexity index is 493. The molecule has 6 heteroatoms. The van der Waals surface area contributed by atoms with E-state index in [-0.39, 0.29) is 17.6 Å². The Balaban J connectivity index is 2.37. The van der Waals surface area contributed by atoms with Gasteiger partial charge in [0.15, 0.2) is 5.69 Å². The van der Waals surface area contributed by atoms with E-state index in [4.69, 9.17) is 9.84 Å². The number of aromatic carboxylic acids is 1. The molecule has 1 aliphatic rings. The van der Waals surface area contributed by atoms with Crippen molar-refractivity contribution >= 4 is 11.9 Å². The molecule has 2 heterocycles. The highest BCUT2D eigenvalue weighted by Crippen LogP contribution is 2.25. The summed E-state index contributed by atoms with van der Waals surface area (Å²) in [7, 11) is 1.37. The third-order valence-electron chi connectivity index (χ3n) is 3.34. The van der Waals surface area contributed by atoms with Crippen LogP contribution in [0.3, 0.4) is 0 Å². The average molecular weight is 252 g/mol. The van der Waals surface area contributed by atoms with E-state index in [1.165, 1.54) is 7.11 Å². The van der Waals surface area contributed by atoms with Crippen molar-refractivity contribution in [3.8, 4) is 0 Å². The molecular formula is C12H16N2O4. The minimum atomic E-state index is -1.00. The molecule has 0 bridgehead atoms. The van der Waals surface area contributed by atoms with Crippen molar-refractivity contribution in [2.45, 2.75) is 32.7 Å². The standard InChI is InChI=1S/C12H16N2O4/c1-3-9-13-10(11(15)16)8-5-4-7(6-14(8)9)12(17)18-2/h7H,3-6H2,1-2H3,(H,15,16). The largest absolute Gasteiger partial charge is 0.476 e. The normalized spacial score (nSPS) is 18.2. The molecule has 0 saturated heterocycles. The van der Waals surface area contributed by atoms with Crippen LogP contribution in [0.1, 0.15) is 35.4 Å². The third kappa shape index (κ3) is 1.98. The fourth-order valence-corrected chi connectivity index (χ4v) is 2.43. The highest BCUT2D eigenvalue weighted by molar-refractivity contribution is 5.87. The van der Waals surface area contributed by atoms with Crippen LogP contribution in [0.15, 0.2) is 0 Å². The molecule has 1 N–H and O–H groups in total. The smallest absolute Gasteiger partial charge is 0.356 e. The first-order chi connectivity index (χ1) is 8.58. The lowest BCUT2D eigenvalue weighted by Crippen LogP contribution is -2.29. The van der Waals surface area contributed by atoms with E-state index in [1.54, 1.807) is 0 Å². The number of esters is 1. The molecule has 0 fully saturated rings. The Hall–Kier alpha value is -1.85. The summed E-state index contributed by atoms with van der Waals surface area (Å²) in [5.74, 6) is -0.733. The van der Waals surface area contributed by atoms with E-state index < -0.39 is 5.97 Å². The second kappa shape index (κ2) is 4.80. The molecular weight excluding hydrogens is 236 g/mol. The number of nitrogens with zero attached hydrogens (tertiary/aromatic N) is 2. The number of fused-ring (bicyclic) bond motifs is 1. The first-order valence-corrected chi connectivity index (χ1v) is 5.97. The highest BCUT2D eigenvalue weighted by atomic mass is 16.5. The van der Waals surface area contributed by atoms with Gasteiger partial charge in [-0.2, -0.15) is 0 Å². The van der Waals surface area contributed by atoms with Gasteiger partial charge in [-0.1, -0.05) is 6.92 Å². The molecule has 1 unspecified atom stereocenters. The van der Waals surface area contributed by atoms with Gasteiger partial charge in [0.25, 0.3) is 0 Å². The summed E-state index contributed by atoms with van der Waals surface area (Å²) in [6.07, 6.45) is 1.81. The zero-order valence-corrected chi connectivity index (χ0v) is 10.5. The fraction of sp³-hybridized carbons (Fsp3) is 0.583. The first-order valence-electron chi connectivity index (χ1n) is 5.97. The monoisotopic (exact) mass is 252 g/mol. The number of carboxylic acid groups (broad SMARTS) is 1. The van der Waals surface area contributed by atoms with Crippen molar-refractivity contribution < 1.29 is 19.4 Å². The number of carbonyl (C=O) groups is 2. The number of carbonyl (C=O) groups excluding carboxylic acids is 1. The minimum absolute atomic E-state index is 0.121. The SMILES string of the molecule is CCc1nc(C(=O)O)c2n1CC(C(=O)OC)CC2. The quantitative estimate of drug-likeness (QED) is 0.807. The van der Waals surface area contributed by atoms with Crippen LogP contribution < -0.4 is 0 Å². The summed E-state index contributed by atoms with van der Waals surface area (Å²) < 4.78 is 6.60. The van der Waals surface area contributed by atoms with Gasteiger partial charge in [0.05, 0.1) is 18.7 Å². The molecule has 0 aromatic carbocycles. The van der Waals surface area contributed by atoms with Crippen LogP contribution in [-0.4, -0.2) is 33.7 Å². The predicted molar refractivity (Wildman–Crippen MR) is 62.4 cm³/mol. The Morgan fingerprint density at radius 1 is 1.56 bits per heavy atom. The number of aromatic nitrogens is 2. The van der Waals surface area contributed by atoms with E-state index >= 15 is 0 Å². The van der Waals surface area contributed by atoms with Gasteiger partial charge in [0.1, 0.15) is 5.82 Å². The van der Waals surface area contributed by atoms with Crippen molar-refractivity contribution in [3.63, 3.8) is 0 Å². The first kappa shape index (κ1) is 12.6. The minimum Gasteiger partial charge on any atom is -0.476 e. The Labute approximate surface area is 105 Å². The summed E-state index contributed by atoms with van der Waals surface area (Å²) in [6.45, 7) is 2.38. The van der Waals surface area contributed by atoms with Crippen molar-refractivity contribution in [2.75, 3.05) is 7.11 Å². The third-order valence-corrected chi connectivity index (χ3v) is 3.34. The van der Waals surface area contributed by atoms with Crippen molar-refractivity contribution in [2.24, 2.45) is 5.92 Å². The Morgan fingerprint density at radius 3 is 2.83 bits per heavy atom. The lowest BCUT2D eigenvalue weighted by atomic mass is 9.97. The number of methoxy groups -OCH3 is 1. The predicted octanol–water partition coefficient (Wildman–Crippen LogP) is 0.879. The molecule has 0 spiro atoms. The van der Waals surface area contributed by atoms with E-state index in [9.17, 15) is 9.59 Å². The van der Waals surface area contributed by atoms with E-state index in [2.05, 4.69) is 4.98 Å². The lowest BCUT2D eigenvalue weighted by molar-refractivity contribution is -0.146. The lowest BCUT2D eigenvalue weighted by Gasteiger charge is -2.23. The second-order valence-corrected chi connectivity index (χ2v) is 4.35. The van der Waals surface area contributed by atoms with Crippen LogP contribution in [0.4, 0.5) is 0 Å². The van der Waals surface area contributed by atoms with Crippen molar-refractivity contribution in [3.05, 3.63) is 17.2 Å². The van der Waals surface area contributed by atoms with Gasteiger partial charge >= 0.3 is 11.9 Å². The van der Waals surface area contributed by atoms with Crippen LogP contribution in [0.2, 0.25) is 0 Å². The molecule has 0 saturated carbocycles. The zero-order valence-electron chi connectivity index (χ0n) is 10.5.